The number of aromatic nitrogens is 3. The number of benzene rings is 3. The number of nitrogens with zero attached hydrogens (tertiary/aromatic N) is 4. The van der Waals surface area contributed by atoms with Crippen LogP contribution in [0.5, 0.6) is 0 Å². The van der Waals surface area contributed by atoms with Gasteiger partial charge in [0.25, 0.3) is 0 Å². The fourth-order valence-corrected chi connectivity index (χ4v) is 11.7. The maximum absolute atomic E-state index is 12.7. The molecule has 0 spiro atoms. The molecule has 8 nitrogen and oxygen atoms in total. The molecule has 3 atom stereocenters. The van der Waals surface area contributed by atoms with Crippen LogP contribution in [-0.2, 0) is 35.5 Å². The quantitative estimate of drug-likeness (QED) is 0.153. The van der Waals surface area contributed by atoms with Crippen LogP contribution in [0.1, 0.15) is 217 Å². The second-order valence-corrected chi connectivity index (χ2v) is 22.1. The van der Waals surface area contributed by atoms with E-state index in [2.05, 4.69) is 197 Å². The number of rotatable bonds is 8. The minimum atomic E-state index is -0.436. The molecule has 0 aliphatic rings. The molecule has 3 unspecified atom stereocenters. The van der Waals surface area contributed by atoms with E-state index >= 15 is 0 Å². The highest BCUT2D eigenvalue weighted by molar-refractivity contribution is 5.88. The van der Waals surface area contributed by atoms with Crippen molar-refractivity contribution in [1.29, 1.82) is 5.26 Å². The van der Waals surface area contributed by atoms with Crippen LogP contribution in [0.4, 0.5) is 0 Å². The fraction of sp³-hybridized carbons (Fsp3) is 0.479. The molecule has 79 heavy (non-hydrogen) atoms. The van der Waals surface area contributed by atoms with Crippen molar-refractivity contribution in [2.24, 2.45) is 26.9 Å². The average molecular weight is 1080 g/mol. The molecule has 0 aliphatic heterocycles. The number of carbonyl (C=O) groups is 3. The number of amides is 1. The Morgan fingerprint density at radius 3 is 0.835 bits per heavy atom. The second-order valence-electron chi connectivity index (χ2n) is 22.1. The summed E-state index contributed by atoms with van der Waals surface area (Å²) < 4.78 is 6.28. The third-order valence-electron chi connectivity index (χ3n) is 16.6. The number of primary amides is 1. The van der Waals surface area contributed by atoms with E-state index in [4.69, 9.17) is 5.73 Å². The van der Waals surface area contributed by atoms with Crippen molar-refractivity contribution in [3.05, 3.63) is 187 Å². The Hall–Kier alpha value is -6.59. The lowest BCUT2D eigenvalue weighted by Gasteiger charge is -2.24. The second kappa shape index (κ2) is 30.1. The number of Topliss-reactive ketones (excluding diaryl/α,β-unsaturated/α-hetero) is 2. The van der Waals surface area contributed by atoms with Gasteiger partial charge in [0, 0.05) is 33.4 Å². The summed E-state index contributed by atoms with van der Waals surface area (Å²) in [6.45, 7) is 57.5. The van der Waals surface area contributed by atoms with E-state index in [0.29, 0.717) is 0 Å². The zero-order chi connectivity index (χ0) is 61.7. The van der Waals surface area contributed by atoms with Gasteiger partial charge in [0.1, 0.15) is 44.5 Å². The van der Waals surface area contributed by atoms with Gasteiger partial charge < -0.3 is 10.5 Å². The number of nitrogens with two attached hydrogens (primary N) is 1. The molecule has 1 amide bonds. The number of carbonyl (C=O) groups excluding carboxylic acids is 3. The summed E-state index contributed by atoms with van der Waals surface area (Å²) in [6.07, 6.45) is 6.26. The Kier molecular flexibility index (Phi) is 26.9. The van der Waals surface area contributed by atoms with E-state index in [1.807, 2.05) is 53.4 Å². The molecule has 0 bridgehead atoms. The first-order valence-electron chi connectivity index (χ1n) is 28.4. The monoisotopic (exact) mass is 1070 g/mol. The van der Waals surface area contributed by atoms with Gasteiger partial charge in [-0.05, 0) is 285 Å². The Morgan fingerprint density at radius 1 is 0.392 bits per heavy atom. The maximum Gasteiger partial charge on any atom is 0.235 e. The average Bonchev–Trinajstić information content (AvgIpc) is 3.36. The predicted molar refractivity (Wildman–Crippen MR) is 332 cm³/mol. The SMILES string of the molecule is CC.CC.CC(=O)C(c1c(C)c(C)c(C)c(C)c1C)c1c(C)cc(C)c[n+]1C.CC(C)=O.Cc1cc(C)c(C(C#N)c2c(C)c(C)c(C)c(C)c2C)[n+](C)c1.Cc1cc(C)c(C(C(N)=O)c2c(C)c(C)c(C)c(C)c2C)[n+](C)c1. The number of ketones is 2. The molecule has 6 rings (SSSR count). The van der Waals surface area contributed by atoms with E-state index in [-0.39, 0.29) is 29.3 Å². The Labute approximate surface area is 480 Å². The standard InChI is InChI=1S/C22H30NO.C21H28N2O.C21H27N2.C3H6O.2C2H6/c1-12-10-13(2)22(23(9)11-12)21(19(8)24)20-17(6)15(4)14(3)16(5)18(20)7;1-11-9-12(2)20(23(8)10-11)19(21(22)24)18-16(6)14(4)13(3)15(5)17(18)7;1-12-9-13(2)21(23(8)11-12)19(10-22)20-17(6)15(4)14(3)16(5)18(20)7;1-3(2)4;2*1-2/h10-11,21H,1-9H3;9-10,19H,1-8H3,(H-,22,24);9,11,19H,1-8H3;1-2H3;2*1-2H3/q+1;;+1;;;/p+1. The maximum atomic E-state index is 12.7. The molecule has 3 aromatic heterocycles. The molecule has 0 fully saturated rings. The van der Waals surface area contributed by atoms with Crippen molar-refractivity contribution in [3.8, 4) is 6.07 Å². The zero-order valence-corrected chi connectivity index (χ0v) is 55.3. The summed E-state index contributed by atoms with van der Waals surface area (Å²) in [5.41, 5.74) is 38.5. The highest BCUT2D eigenvalue weighted by atomic mass is 16.1. The molecule has 0 radical (unpaired) electrons. The molecule has 428 valence electrons. The Bertz CT molecular complexity index is 2970. The van der Waals surface area contributed by atoms with Gasteiger partial charge in [0.15, 0.2) is 30.2 Å². The normalized spacial score (nSPS) is 11.5. The molecular formula is C71H104N5O3+3. The van der Waals surface area contributed by atoms with Crippen molar-refractivity contribution in [1.82, 2.24) is 0 Å². The first kappa shape index (κ1) is 70.4. The van der Waals surface area contributed by atoms with Crippen molar-refractivity contribution in [3.63, 3.8) is 0 Å². The summed E-state index contributed by atoms with van der Waals surface area (Å²) >= 11 is 0. The number of pyridine rings is 3. The van der Waals surface area contributed by atoms with Gasteiger partial charge in [-0.25, -0.2) is 13.7 Å². The van der Waals surface area contributed by atoms with Gasteiger partial charge in [0.05, 0.1) is 6.07 Å². The minimum absolute atomic E-state index is 0.167. The highest BCUT2D eigenvalue weighted by Gasteiger charge is 2.35. The van der Waals surface area contributed by atoms with Gasteiger partial charge in [0.2, 0.25) is 17.3 Å². The third-order valence-corrected chi connectivity index (χ3v) is 16.6. The molecule has 0 saturated heterocycles. The third kappa shape index (κ3) is 15.8. The fourth-order valence-electron chi connectivity index (χ4n) is 11.7. The highest BCUT2D eigenvalue weighted by Crippen LogP contribution is 2.38. The first-order valence-corrected chi connectivity index (χ1v) is 28.4. The van der Waals surface area contributed by atoms with Gasteiger partial charge in [-0.15, -0.1) is 0 Å². The van der Waals surface area contributed by atoms with Crippen LogP contribution in [0.2, 0.25) is 0 Å². The molecule has 0 aliphatic carbocycles. The van der Waals surface area contributed by atoms with Gasteiger partial charge in [-0.2, -0.15) is 5.26 Å². The predicted octanol–water partition coefficient (Wildman–Crippen LogP) is 14.7. The van der Waals surface area contributed by atoms with Crippen LogP contribution < -0.4 is 19.4 Å². The Morgan fingerprint density at radius 2 is 0.608 bits per heavy atom. The molecule has 2 N–H and O–H groups in total. The largest absolute Gasteiger partial charge is 0.369 e. The number of nitriles is 1. The summed E-state index contributed by atoms with van der Waals surface area (Å²) in [4.78, 5) is 34.7. The van der Waals surface area contributed by atoms with Crippen LogP contribution in [0, 0.1) is 157 Å². The van der Waals surface area contributed by atoms with Crippen LogP contribution >= 0.6 is 0 Å². The van der Waals surface area contributed by atoms with Gasteiger partial charge >= 0.3 is 0 Å². The van der Waals surface area contributed by atoms with Gasteiger partial charge in [-0.1, -0.05) is 27.7 Å². The van der Waals surface area contributed by atoms with E-state index in [1.165, 1.54) is 136 Å². The molecule has 8 heteroatoms. The first-order chi connectivity index (χ1) is 36.6. The van der Waals surface area contributed by atoms with Crippen LogP contribution in [0.3, 0.4) is 0 Å². The van der Waals surface area contributed by atoms with E-state index in [0.717, 1.165) is 28.2 Å². The smallest absolute Gasteiger partial charge is 0.235 e. The molecule has 3 heterocycles. The topological polar surface area (TPSA) is 113 Å². The molecule has 6 aromatic rings. The molecule has 3 aromatic carbocycles. The van der Waals surface area contributed by atoms with Crippen LogP contribution in [0.25, 0.3) is 0 Å². The molecule has 0 saturated carbocycles. The van der Waals surface area contributed by atoms with E-state index in [1.54, 1.807) is 6.92 Å². The summed E-state index contributed by atoms with van der Waals surface area (Å²) in [5, 5.41) is 9.99. The van der Waals surface area contributed by atoms with Crippen molar-refractivity contribution in [2.75, 3.05) is 0 Å². The van der Waals surface area contributed by atoms with Crippen molar-refractivity contribution < 1.29 is 28.1 Å². The van der Waals surface area contributed by atoms with Crippen molar-refractivity contribution in [2.45, 2.75) is 212 Å². The minimum Gasteiger partial charge on any atom is -0.369 e. The zero-order valence-electron chi connectivity index (χ0n) is 55.3. The Balaban J connectivity index is 0.000000554. The number of hydrogen-bond acceptors (Lipinski definition) is 4. The lowest BCUT2D eigenvalue weighted by Crippen LogP contribution is -2.41. The van der Waals surface area contributed by atoms with E-state index in [9.17, 15) is 19.6 Å². The molecular weight excluding hydrogens is 971 g/mol. The summed E-state index contributed by atoms with van der Waals surface area (Å²) in [7, 11) is 6.08. The van der Waals surface area contributed by atoms with Crippen LogP contribution in [0.15, 0.2) is 36.8 Å². The van der Waals surface area contributed by atoms with Gasteiger partial charge in [-0.3, -0.25) is 9.59 Å². The van der Waals surface area contributed by atoms with Crippen LogP contribution in [-0.4, -0.2) is 17.5 Å². The number of hydrogen-bond donors (Lipinski definition) is 1. The number of aryl methyl sites for hydroxylation is 9. The lowest BCUT2D eigenvalue weighted by molar-refractivity contribution is -0.680. The van der Waals surface area contributed by atoms with Crippen molar-refractivity contribution >= 4 is 17.5 Å². The summed E-state index contributed by atoms with van der Waals surface area (Å²) in [6, 6.07) is 9.02. The summed E-state index contributed by atoms with van der Waals surface area (Å²) in [5.74, 6) is -0.821. The lowest BCUT2D eigenvalue weighted by atomic mass is 9.79. The van der Waals surface area contributed by atoms with E-state index < -0.39 is 5.92 Å².